The number of pyridine rings is 1. The van der Waals surface area contributed by atoms with E-state index in [9.17, 15) is 0 Å². The average Bonchev–Trinajstić information content (AvgIpc) is 3.92. The van der Waals surface area contributed by atoms with E-state index in [0.29, 0.717) is 28.3 Å². The molecule has 3 heterocycles. The third-order valence-electron chi connectivity index (χ3n) is 13.9. The fourth-order valence-electron chi connectivity index (χ4n) is 10.2. The Hall–Kier alpha value is -7.56. The van der Waals surface area contributed by atoms with Crippen molar-refractivity contribution in [2.24, 2.45) is 0 Å². The molecule has 1 aliphatic rings. The van der Waals surface area contributed by atoms with Gasteiger partial charge in [0.1, 0.15) is 23.1 Å². The first-order valence-electron chi connectivity index (χ1n) is 25.0. The minimum absolute atomic E-state index is 0. The van der Waals surface area contributed by atoms with Gasteiger partial charge in [-0.05, 0) is 117 Å². The maximum absolute atomic E-state index is 15.3. The number of fused-ring (bicyclic) bond motifs is 4. The molecule has 0 saturated heterocycles. The van der Waals surface area contributed by atoms with E-state index in [4.69, 9.17) is 9.72 Å². The molecule has 0 N–H and O–H groups in total. The maximum Gasteiger partial charge on any atom is 2.00 e. The summed E-state index contributed by atoms with van der Waals surface area (Å²) in [6.45, 7) is 19.7. The van der Waals surface area contributed by atoms with Gasteiger partial charge < -0.3 is 9.30 Å². The predicted octanol–water partition coefficient (Wildman–Crippen LogP) is 17.9. The van der Waals surface area contributed by atoms with Gasteiger partial charge in [-0.1, -0.05) is 155 Å². The van der Waals surface area contributed by atoms with Gasteiger partial charge in [-0.25, -0.2) is 13.8 Å². The smallest absolute Gasteiger partial charge is 0.509 e. The molecule has 0 unspecified atom stereocenters. The van der Waals surface area contributed by atoms with Crippen LogP contribution in [0, 0.1) is 37.6 Å². The van der Waals surface area contributed by atoms with E-state index >= 15 is 8.78 Å². The number of rotatable bonds is 10. The zero-order chi connectivity index (χ0) is 50.9. The second-order valence-electron chi connectivity index (χ2n) is 21.0. The minimum Gasteiger partial charge on any atom is -0.509 e. The first-order valence-corrected chi connectivity index (χ1v) is 25.0. The third kappa shape index (κ3) is 9.47. The Morgan fingerprint density at radius 3 is 1.86 bits per heavy atom. The molecule has 1 aliphatic heterocycles. The molecule has 0 amide bonds. The van der Waals surface area contributed by atoms with Crippen LogP contribution in [0.25, 0.3) is 61.0 Å². The summed E-state index contributed by atoms with van der Waals surface area (Å²) in [5, 5.41) is 2.13. The van der Waals surface area contributed by atoms with Crippen molar-refractivity contribution in [2.45, 2.75) is 79.6 Å². The molecule has 0 saturated carbocycles. The normalized spacial score (nSPS) is 12.3. The predicted molar refractivity (Wildman–Crippen MR) is 296 cm³/mol. The second-order valence-corrected chi connectivity index (χ2v) is 21.0. The van der Waals surface area contributed by atoms with Gasteiger partial charge in [0.25, 0.3) is 11.4 Å². The van der Waals surface area contributed by atoms with Crippen LogP contribution in [0.4, 0.5) is 31.5 Å². The van der Waals surface area contributed by atoms with Crippen molar-refractivity contribution in [3.8, 4) is 50.7 Å². The molecule has 8 heteroatoms. The van der Waals surface area contributed by atoms with Crippen molar-refractivity contribution in [1.29, 1.82) is 0 Å². The van der Waals surface area contributed by atoms with E-state index in [1.807, 2.05) is 51.7 Å². The number of hydrogen-bond acceptors (Lipinski definition) is 2. The molecule has 5 nitrogen and oxygen atoms in total. The molecule has 74 heavy (non-hydrogen) atoms. The average molecular weight is 1150 g/mol. The van der Waals surface area contributed by atoms with Crippen molar-refractivity contribution < 1.29 is 34.6 Å². The van der Waals surface area contributed by atoms with Crippen molar-refractivity contribution in [1.82, 2.24) is 18.7 Å². The van der Waals surface area contributed by atoms with Crippen LogP contribution in [0.15, 0.2) is 164 Å². The number of para-hydroxylation sites is 4. The van der Waals surface area contributed by atoms with E-state index in [2.05, 4.69) is 188 Å². The Kier molecular flexibility index (Phi) is 13.3. The molecule has 2 aromatic heterocycles. The second kappa shape index (κ2) is 19.7. The number of aryl methyl sites for hydroxylation is 2. The fourth-order valence-corrected chi connectivity index (χ4v) is 10.2. The van der Waals surface area contributed by atoms with Crippen molar-refractivity contribution >= 4 is 50.6 Å². The van der Waals surface area contributed by atoms with Crippen LogP contribution in [-0.2, 0) is 26.5 Å². The van der Waals surface area contributed by atoms with Gasteiger partial charge in [0.2, 0.25) is 5.69 Å². The van der Waals surface area contributed by atoms with Gasteiger partial charge in [0.15, 0.2) is 0 Å². The van der Waals surface area contributed by atoms with Gasteiger partial charge in [-0.2, -0.15) is 6.07 Å². The Labute approximate surface area is 447 Å². The van der Waals surface area contributed by atoms with Crippen molar-refractivity contribution in [3.63, 3.8) is 0 Å². The van der Waals surface area contributed by atoms with E-state index < -0.39 is 11.6 Å². The summed E-state index contributed by atoms with van der Waals surface area (Å²) >= 11 is 0. The standard InChI is InChI=1S/C66H56F2N4O.Pt/c1-40(2)44-28-45(41(3)4)30-48(29-44)56-16-14-17-57(49-31-51(67)36-52(68)32-49)65(56)71-39-70(61-19-12-13-20-62(61)71)53-33-47(46-26-42(5)25-43(6)27-46)34-55(37-53)73-54-21-22-59-58-15-10-11-18-60(58)72(63(59)38-54)64-35-50(23-24-69-64)66(7,8)9;/h10-36,40-41H,1-9H3;/q;+2. The van der Waals surface area contributed by atoms with E-state index in [0.717, 1.165) is 84.1 Å². The summed E-state index contributed by atoms with van der Waals surface area (Å²) in [4.78, 5) is 4.89. The quantitative estimate of drug-likeness (QED) is 0.101. The molecule has 0 spiro atoms. The van der Waals surface area contributed by atoms with Crippen LogP contribution in [-0.4, -0.2) is 15.6 Å². The van der Waals surface area contributed by atoms with Gasteiger partial charge in [0.05, 0.1) is 11.1 Å². The van der Waals surface area contributed by atoms with Gasteiger partial charge >= 0.3 is 27.1 Å². The number of ether oxygens (including phenoxy) is 1. The van der Waals surface area contributed by atoms with E-state index in [1.54, 1.807) is 0 Å². The molecule has 0 atom stereocenters. The van der Waals surface area contributed by atoms with E-state index in [-0.39, 0.29) is 38.3 Å². The van der Waals surface area contributed by atoms with Crippen molar-refractivity contribution in [2.75, 3.05) is 0 Å². The first-order chi connectivity index (χ1) is 35.1. The molecule has 368 valence electrons. The largest absolute Gasteiger partial charge is 2.00 e. The maximum atomic E-state index is 15.3. The summed E-state index contributed by atoms with van der Waals surface area (Å²) < 4.78 is 43.6. The molecule has 10 aromatic rings. The fraction of sp³-hybridized carbons (Fsp3) is 0.182. The van der Waals surface area contributed by atoms with Gasteiger partial charge in [0, 0.05) is 41.4 Å². The SMILES string of the molecule is Cc1cc(C)cc(-c2cc(Oc3[c-]c4c(cc3)c3ccccc3n4-c3cc(C(C)(C)C)ccn3)[c-]c([N+]3=C=[N+](c4c(-c5cc(F)cc(F)c5)cccc4-c4cc(C(C)C)cc(C(C)C)c4)c4ccccc43)c2)c1.[Pt+2]. The molecule has 11 rings (SSSR count). The zero-order valence-corrected chi connectivity index (χ0v) is 45.3. The van der Waals surface area contributed by atoms with Crippen LogP contribution in [0.2, 0.25) is 0 Å². The van der Waals surface area contributed by atoms with E-state index in [1.165, 1.54) is 28.8 Å². The number of halogens is 2. The van der Waals surface area contributed by atoms with Crippen LogP contribution < -0.4 is 13.9 Å². The summed E-state index contributed by atoms with van der Waals surface area (Å²) in [6.07, 6.45) is 1.88. The molecule has 0 radical (unpaired) electrons. The first kappa shape index (κ1) is 50.0. The molecular weight excluding hydrogens is 1100 g/mol. The summed E-state index contributed by atoms with van der Waals surface area (Å²) in [5.41, 5.74) is 15.7. The Balaban J connectivity index is 0.00000626. The molecule has 0 fully saturated rings. The number of nitrogens with zero attached hydrogens (tertiary/aromatic N) is 4. The Morgan fingerprint density at radius 2 is 1.20 bits per heavy atom. The van der Waals surface area contributed by atoms with Crippen LogP contribution in [0.5, 0.6) is 11.5 Å². The summed E-state index contributed by atoms with van der Waals surface area (Å²) in [7, 11) is 0. The Morgan fingerprint density at radius 1 is 0.581 bits per heavy atom. The van der Waals surface area contributed by atoms with Gasteiger partial charge in [-0.15, -0.1) is 29.1 Å². The summed E-state index contributed by atoms with van der Waals surface area (Å²) in [5.74, 6) is 1.05. The van der Waals surface area contributed by atoms with Crippen molar-refractivity contribution in [3.05, 3.63) is 216 Å². The monoisotopic (exact) mass is 1150 g/mol. The molecule has 0 bridgehead atoms. The minimum atomic E-state index is -0.652. The molecule has 0 aliphatic carbocycles. The zero-order valence-electron chi connectivity index (χ0n) is 43.0. The van der Waals surface area contributed by atoms with Gasteiger partial charge in [-0.3, -0.25) is 0 Å². The third-order valence-corrected chi connectivity index (χ3v) is 13.9. The number of benzene rings is 8. The topological polar surface area (TPSA) is 33.1 Å². The molecule has 8 aromatic carbocycles. The van der Waals surface area contributed by atoms with Crippen LogP contribution in [0.3, 0.4) is 0 Å². The summed E-state index contributed by atoms with van der Waals surface area (Å²) in [6, 6.07) is 63.0. The number of aromatic nitrogens is 2. The van der Waals surface area contributed by atoms with Crippen LogP contribution >= 0.6 is 0 Å². The Bertz CT molecular complexity index is 3860. The molecular formula is C66H56F2N4OPt+2. The van der Waals surface area contributed by atoms with Crippen LogP contribution in [0.1, 0.15) is 88.1 Å². The number of hydrogen-bond donors (Lipinski definition) is 0.